The van der Waals surface area contributed by atoms with Crippen molar-refractivity contribution >= 4 is 55.7 Å². The Morgan fingerprint density at radius 1 is 0.391 bits per heavy atom. The lowest BCUT2D eigenvalue weighted by atomic mass is 10.1. The summed E-state index contributed by atoms with van der Waals surface area (Å²) in [6.45, 7) is 0. The molecule has 0 aliphatic carbocycles. The predicted octanol–water partition coefficient (Wildman–Crippen LogP) is 9.38. The molecule has 4 N–H and O–H groups in total. The lowest BCUT2D eigenvalue weighted by Gasteiger charge is -2.12. The van der Waals surface area contributed by atoms with Crippen molar-refractivity contribution in [2.75, 3.05) is 10.6 Å². The summed E-state index contributed by atoms with van der Waals surface area (Å²) in [7, 11) is -9.78. The van der Waals surface area contributed by atoms with E-state index in [0.717, 1.165) is 12.1 Å². The molecule has 0 aliphatic heterocycles. The van der Waals surface area contributed by atoms with Crippen LogP contribution in [0.25, 0.3) is 12.2 Å². The van der Waals surface area contributed by atoms with Crippen molar-refractivity contribution < 1.29 is 44.9 Å². The molecule has 0 unspecified atom stereocenters. The van der Waals surface area contributed by atoms with Crippen LogP contribution in [0.3, 0.4) is 0 Å². The predicted molar refractivity (Wildman–Crippen MR) is 234 cm³/mol. The standard InChI is InChI=1S/C44H32N8O10S2/c53-63(54,55)37-27-31(45-39-47-41(59-33-13-5-1-6-14-33)51-42(48-39)60-34-15-7-2-8-16-34)25-23-29(37)21-22-30-24-26-32(28-38(30)64(56,57)58)46-40-49-43(61-35-17-9-3-10-18-35)52-44(50-40)62-36-19-11-4-12-20-36/h1-28H,(H,53,54,55)(H,56,57,58)(H,45,47,48,51)(H,46,49,50,52)/b22-21+. The molecule has 8 aromatic rings. The van der Waals surface area contributed by atoms with E-state index in [4.69, 9.17) is 18.9 Å². The highest BCUT2D eigenvalue weighted by Gasteiger charge is 2.20. The van der Waals surface area contributed by atoms with Gasteiger partial charge < -0.3 is 29.6 Å². The second-order valence-electron chi connectivity index (χ2n) is 13.1. The van der Waals surface area contributed by atoms with Crippen LogP contribution in [-0.4, -0.2) is 55.8 Å². The van der Waals surface area contributed by atoms with Crippen LogP contribution in [0.15, 0.2) is 168 Å². The van der Waals surface area contributed by atoms with Crippen molar-refractivity contribution in [2.24, 2.45) is 0 Å². The highest BCUT2D eigenvalue weighted by atomic mass is 32.2. The van der Waals surface area contributed by atoms with Crippen molar-refractivity contribution in [2.45, 2.75) is 9.79 Å². The van der Waals surface area contributed by atoms with Gasteiger partial charge in [-0.3, -0.25) is 9.11 Å². The first-order chi connectivity index (χ1) is 30.9. The minimum atomic E-state index is -4.89. The van der Waals surface area contributed by atoms with Gasteiger partial charge in [-0.2, -0.15) is 36.8 Å². The number of nitrogens with zero attached hydrogens (tertiary/aromatic N) is 6. The van der Waals surface area contributed by atoms with E-state index in [-0.39, 0.29) is 58.4 Å². The van der Waals surface area contributed by atoms with E-state index >= 15 is 0 Å². The number of para-hydroxylation sites is 4. The van der Waals surface area contributed by atoms with Crippen LogP contribution in [0, 0.1) is 0 Å². The lowest BCUT2D eigenvalue weighted by Crippen LogP contribution is -2.06. The van der Waals surface area contributed by atoms with Gasteiger partial charge in [0.2, 0.25) is 11.9 Å². The summed E-state index contributed by atoms with van der Waals surface area (Å²) in [5.41, 5.74) is 0.148. The average Bonchev–Trinajstić information content (AvgIpc) is 3.27. The molecule has 64 heavy (non-hydrogen) atoms. The minimum absolute atomic E-state index is 0.0459. The maximum absolute atomic E-state index is 12.7. The summed E-state index contributed by atoms with van der Waals surface area (Å²) in [5, 5.41) is 5.77. The Morgan fingerprint density at radius 3 is 0.938 bits per heavy atom. The summed E-state index contributed by atoms with van der Waals surface area (Å²) in [6.07, 6.45) is 2.49. The van der Waals surface area contributed by atoms with Gasteiger partial charge in [0.1, 0.15) is 32.8 Å². The fraction of sp³-hybridized carbons (Fsp3) is 0. The fourth-order valence-corrected chi connectivity index (χ4v) is 7.15. The van der Waals surface area contributed by atoms with Gasteiger partial charge in [0.05, 0.1) is 0 Å². The maximum Gasteiger partial charge on any atom is 0.330 e. The van der Waals surface area contributed by atoms with Crippen LogP contribution >= 0.6 is 0 Å². The third-order valence-electron chi connectivity index (χ3n) is 8.54. The Kier molecular flexibility index (Phi) is 12.4. The van der Waals surface area contributed by atoms with Crippen molar-refractivity contribution in [1.82, 2.24) is 29.9 Å². The van der Waals surface area contributed by atoms with Crippen LogP contribution in [-0.2, 0) is 20.2 Å². The van der Waals surface area contributed by atoms with Crippen LogP contribution in [0.5, 0.6) is 47.0 Å². The third-order valence-corrected chi connectivity index (χ3v) is 10.4. The largest absolute Gasteiger partial charge is 0.424 e. The third kappa shape index (κ3) is 11.3. The zero-order valence-electron chi connectivity index (χ0n) is 32.8. The van der Waals surface area contributed by atoms with E-state index in [1.165, 1.54) is 36.4 Å². The van der Waals surface area contributed by atoms with E-state index in [2.05, 4.69) is 40.5 Å². The monoisotopic (exact) mass is 896 g/mol. The molecule has 8 rings (SSSR count). The molecule has 2 aromatic heterocycles. The Morgan fingerprint density at radius 2 is 0.672 bits per heavy atom. The highest BCUT2D eigenvalue weighted by Crippen LogP contribution is 2.31. The van der Waals surface area contributed by atoms with Gasteiger partial charge in [-0.1, -0.05) is 97.1 Å². The molecular formula is C44H32N8O10S2. The van der Waals surface area contributed by atoms with Gasteiger partial charge in [-0.05, 0) is 83.9 Å². The summed E-state index contributed by atoms with van der Waals surface area (Å²) in [4.78, 5) is 24.5. The highest BCUT2D eigenvalue weighted by molar-refractivity contribution is 7.86. The number of benzene rings is 6. The van der Waals surface area contributed by atoms with Gasteiger partial charge in [-0.25, -0.2) is 0 Å². The van der Waals surface area contributed by atoms with Crippen molar-refractivity contribution in [1.29, 1.82) is 0 Å². The van der Waals surface area contributed by atoms with Crippen molar-refractivity contribution in [3.8, 4) is 47.0 Å². The first-order valence-corrected chi connectivity index (χ1v) is 21.7. The number of rotatable bonds is 16. The van der Waals surface area contributed by atoms with Gasteiger partial charge in [-0.15, -0.1) is 9.97 Å². The summed E-state index contributed by atoms with van der Waals surface area (Å²) in [5.74, 6) is 1.50. The first kappa shape index (κ1) is 42.4. The molecule has 0 aliphatic rings. The van der Waals surface area contributed by atoms with E-state index < -0.39 is 30.0 Å². The second kappa shape index (κ2) is 18.8. The van der Waals surface area contributed by atoms with E-state index in [1.54, 1.807) is 97.1 Å². The van der Waals surface area contributed by atoms with Crippen molar-refractivity contribution in [3.05, 3.63) is 169 Å². The molecule has 0 amide bonds. The van der Waals surface area contributed by atoms with Gasteiger partial charge in [0.15, 0.2) is 0 Å². The van der Waals surface area contributed by atoms with Gasteiger partial charge >= 0.3 is 24.0 Å². The molecule has 6 aromatic carbocycles. The maximum atomic E-state index is 12.7. The first-order valence-electron chi connectivity index (χ1n) is 18.8. The molecule has 0 bridgehead atoms. The zero-order chi connectivity index (χ0) is 44.5. The normalized spacial score (nSPS) is 11.5. The Hall–Kier alpha value is -8.30. The number of hydrogen-bond donors (Lipinski definition) is 4. The molecular weight excluding hydrogens is 865 g/mol. The Bertz CT molecular complexity index is 2840. The molecule has 0 radical (unpaired) electrons. The molecule has 0 spiro atoms. The quantitative estimate of drug-likeness (QED) is 0.0521. The number of aromatic nitrogens is 6. The van der Waals surface area contributed by atoms with Crippen LogP contribution in [0.1, 0.15) is 11.1 Å². The van der Waals surface area contributed by atoms with Crippen LogP contribution < -0.4 is 29.6 Å². The average molecular weight is 897 g/mol. The Balaban J connectivity index is 1.07. The fourth-order valence-electron chi connectivity index (χ4n) is 5.73. The lowest BCUT2D eigenvalue weighted by molar-refractivity contribution is 0.398. The number of nitrogens with one attached hydrogen (secondary N) is 2. The number of ether oxygens (including phenoxy) is 4. The summed E-state index contributed by atoms with van der Waals surface area (Å²) < 4.78 is 94.7. The second-order valence-corrected chi connectivity index (χ2v) is 15.9. The molecule has 0 saturated heterocycles. The molecule has 320 valence electrons. The zero-order valence-corrected chi connectivity index (χ0v) is 34.5. The van der Waals surface area contributed by atoms with E-state index in [1.807, 2.05) is 24.3 Å². The topological polar surface area (TPSA) is 247 Å². The molecule has 18 nitrogen and oxygen atoms in total. The number of hydrogen-bond acceptors (Lipinski definition) is 16. The molecule has 0 fully saturated rings. The summed E-state index contributed by atoms with van der Waals surface area (Å²) in [6, 6.07) is 42.1. The van der Waals surface area contributed by atoms with Gasteiger partial charge in [0, 0.05) is 11.4 Å². The molecule has 0 atom stereocenters. The molecule has 20 heteroatoms. The van der Waals surface area contributed by atoms with E-state index in [0.29, 0.717) is 23.0 Å². The van der Waals surface area contributed by atoms with Crippen LogP contribution in [0.2, 0.25) is 0 Å². The van der Waals surface area contributed by atoms with E-state index in [9.17, 15) is 25.9 Å². The SMILES string of the molecule is O=S(=O)(O)c1cc(Nc2nc(Oc3ccccc3)nc(Oc3ccccc3)n2)ccc1/C=C/c1ccc(Nc2nc(Oc3ccccc3)nc(Oc3ccccc3)n2)cc1S(=O)(=O)O. The minimum Gasteiger partial charge on any atom is -0.424 e. The summed E-state index contributed by atoms with van der Waals surface area (Å²) >= 11 is 0. The smallest absolute Gasteiger partial charge is 0.330 e. The number of anilines is 4. The Labute approximate surface area is 365 Å². The van der Waals surface area contributed by atoms with Gasteiger partial charge in [0.25, 0.3) is 20.2 Å². The van der Waals surface area contributed by atoms with Crippen LogP contribution in [0.4, 0.5) is 23.3 Å². The van der Waals surface area contributed by atoms with Crippen molar-refractivity contribution in [3.63, 3.8) is 0 Å². The molecule has 2 heterocycles. The molecule has 0 saturated carbocycles.